The largest absolute Gasteiger partial charge is 0.458 e. The van der Waals surface area contributed by atoms with Crippen LogP contribution in [0, 0.1) is 5.92 Å². The standard InChI is InChI=1S/C19H24O6/c1-9(2)17(21)24-14-8-19(5)15(25-19)7-12(20)10(3)6-13-16(14)11(4)18(22)23-13/h6,12-16,20H,1,4,7-8H2,2-3,5H3/b10-6-/t12-,13-,14+,15+,16+,19-/m0/s1. The van der Waals surface area contributed by atoms with Gasteiger partial charge < -0.3 is 19.3 Å². The molecule has 6 nitrogen and oxygen atoms in total. The van der Waals surface area contributed by atoms with E-state index in [2.05, 4.69) is 13.2 Å². The Morgan fingerprint density at radius 3 is 2.80 bits per heavy atom. The average Bonchev–Trinajstić information content (AvgIpc) is 3.04. The van der Waals surface area contributed by atoms with E-state index in [-0.39, 0.29) is 17.3 Å². The van der Waals surface area contributed by atoms with Crippen molar-refractivity contribution in [1.82, 2.24) is 0 Å². The van der Waals surface area contributed by atoms with Crippen LogP contribution in [0.5, 0.6) is 0 Å². The van der Waals surface area contributed by atoms with E-state index in [1.54, 1.807) is 19.9 Å². The van der Waals surface area contributed by atoms with Gasteiger partial charge in [0.2, 0.25) is 0 Å². The number of rotatable bonds is 2. The van der Waals surface area contributed by atoms with Crippen molar-refractivity contribution in [3.05, 3.63) is 36.0 Å². The van der Waals surface area contributed by atoms with Gasteiger partial charge in [-0.1, -0.05) is 13.2 Å². The van der Waals surface area contributed by atoms with Crippen LogP contribution in [-0.2, 0) is 23.8 Å². The fourth-order valence-electron chi connectivity index (χ4n) is 3.59. The summed E-state index contributed by atoms with van der Waals surface area (Å²) < 4.78 is 16.8. The summed E-state index contributed by atoms with van der Waals surface area (Å²) in [5.74, 6) is -1.55. The third-order valence-corrected chi connectivity index (χ3v) is 5.30. The molecule has 0 radical (unpaired) electrons. The van der Waals surface area contributed by atoms with Gasteiger partial charge in [0.05, 0.1) is 23.7 Å². The third-order valence-electron chi connectivity index (χ3n) is 5.30. The van der Waals surface area contributed by atoms with Crippen LogP contribution in [0.2, 0.25) is 0 Å². The highest BCUT2D eigenvalue weighted by Gasteiger charge is 2.57. The van der Waals surface area contributed by atoms with E-state index in [1.165, 1.54) is 0 Å². The maximum Gasteiger partial charge on any atom is 0.334 e. The maximum absolute atomic E-state index is 12.1. The van der Waals surface area contributed by atoms with Crippen molar-refractivity contribution in [2.75, 3.05) is 0 Å². The van der Waals surface area contributed by atoms with E-state index >= 15 is 0 Å². The van der Waals surface area contributed by atoms with E-state index in [1.807, 2.05) is 6.92 Å². The topological polar surface area (TPSA) is 85.4 Å². The third kappa shape index (κ3) is 3.28. The van der Waals surface area contributed by atoms with E-state index in [9.17, 15) is 14.7 Å². The number of esters is 2. The monoisotopic (exact) mass is 348 g/mol. The smallest absolute Gasteiger partial charge is 0.334 e. The van der Waals surface area contributed by atoms with E-state index in [0.717, 1.165) is 0 Å². The SMILES string of the molecule is C=C(C)C(=O)O[C@@H]1C[C@]2(C)O[C@@H]2C[C@H](O)/C(C)=C\[C@@H]2OC(=O)C(=C)[C@H]21. The van der Waals surface area contributed by atoms with Gasteiger partial charge in [-0.15, -0.1) is 0 Å². The van der Waals surface area contributed by atoms with Crippen LogP contribution in [-0.4, -0.2) is 47.1 Å². The molecule has 6 heteroatoms. The number of fused-ring (bicyclic) bond motifs is 2. The van der Waals surface area contributed by atoms with Crippen molar-refractivity contribution in [1.29, 1.82) is 0 Å². The molecule has 2 saturated heterocycles. The number of hydrogen-bond acceptors (Lipinski definition) is 6. The molecule has 136 valence electrons. The van der Waals surface area contributed by atoms with Crippen LogP contribution in [0.25, 0.3) is 0 Å². The molecule has 2 heterocycles. The zero-order valence-electron chi connectivity index (χ0n) is 14.8. The molecular weight excluding hydrogens is 324 g/mol. The predicted molar refractivity (Wildman–Crippen MR) is 89.5 cm³/mol. The maximum atomic E-state index is 12.1. The normalized spacial score (nSPS) is 42.4. The highest BCUT2D eigenvalue weighted by molar-refractivity contribution is 5.91. The lowest BCUT2D eigenvalue weighted by atomic mass is 9.82. The summed E-state index contributed by atoms with van der Waals surface area (Å²) in [6.07, 6.45) is 0.519. The Labute approximate surface area is 147 Å². The molecule has 0 aromatic heterocycles. The first-order valence-electron chi connectivity index (χ1n) is 8.43. The van der Waals surface area contributed by atoms with Crippen LogP contribution < -0.4 is 0 Å². The van der Waals surface area contributed by atoms with Gasteiger partial charge in [0.1, 0.15) is 12.2 Å². The van der Waals surface area contributed by atoms with Crippen molar-refractivity contribution >= 4 is 11.9 Å². The molecule has 0 unspecified atom stereocenters. The fourth-order valence-corrected chi connectivity index (χ4v) is 3.59. The molecule has 0 aromatic rings. The van der Waals surface area contributed by atoms with Gasteiger partial charge in [-0.25, -0.2) is 9.59 Å². The van der Waals surface area contributed by atoms with Crippen molar-refractivity contribution in [2.45, 2.75) is 63.6 Å². The molecule has 6 atom stereocenters. The Hall–Kier alpha value is -1.92. The molecule has 1 aliphatic carbocycles. The minimum Gasteiger partial charge on any atom is -0.458 e. The van der Waals surface area contributed by atoms with Gasteiger partial charge in [-0.2, -0.15) is 0 Å². The molecule has 25 heavy (non-hydrogen) atoms. The van der Waals surface area contributed by atoms with Crippen LogP contribution in [0.15, 0.2) is 36.0 Å². The van der Waals surface area contributed by atoms with Gasteiger partial charge in [-0.05, 0) is 32.4 Å². The molecule has 1 N–H and O–H groups in total. The molecule has 0 bridgehead atoms. The lowest BCUT2D eigenvalue weighted by Crippen LogP contribution is -2.37. The highest BCUT2D eigenvalue weighted by atomic mass is 16.6. The lowest BCUT2D eigenvalue weighted by molar-refractivity contribution is -0.148. The molecule has 3 aliphatic rings. The Morgan fingerprint density at radius 1 is 1.48 bits per heavy atom. The second kappa shape index (κ2) is 6.11. The van der Waals surface area contributed by atoms with Crippen LogP contribution in [0.3, 0.4) is 0 Å². The Kier molecular flexibility index (Phi) is 4.37. The Bertz CT molecular complexity index is 677. The second-order valence-electron chi connectivity index (χ2n) is 7.43. The summed E-state index contributed by atoms with van der Waals surface area (Å²) in [4.78, 5) is 24.2. The molecule has 3 rings (SSSR count). The second-order valence-corrected chi connectivity index (χ2v) is 7.43. The number of epoxide rings is 1. The van der Waals surface area contributed by atoms with Crippen LogP contribution in [0.1, 0.15) is 33.6 Å². The van der Waals surface area contributed by atoms with Crippen molar-refractivity contribution < 1.29 is 28.9 Å². The number of ether oxygens (including phenoxy) is 3. The minimum absolute atomic E-state index is 0.125. The molecule has 0 aromatic carbocycles. The number of aliphatic hydroxyl groups excluding tert-OH is 1. The Balaban J connectivity index is 1.98. The number of aliphatic hydroxyl groups is 1. The molecule has 2 fully saturated rings. The zero-order chi connectivity index (χ0) is 18.5. The van der Waals surface area contributed by atoms with Gasteiger partial charge in [-0.3, -0.25) is 0 Å². The van der Waals surface area contributed by atoms with Crippen molar-refractivity contribution in [3.8, 4) is 0 Å². The van der Waals surface area contributed by atoms with Crippen LogP contribution >= 0.6 is 0 Å². The summed E-state index contributed by atoms with van der Waals surface area (Å²) in [6.45, 7) is 12.7. The van der Waals surface area contributed by atoms with Gasteiger partial charge in [0, 0.05) is 24.0 Å². The van der Waals surface area contributed by atoms with Gasteiger partial charge >= 0.3 is 11.9 Å². The van der Waals surface area contributed by atoms with Crippen LogP contribution in [0.4, 0.5) is 0 Å². The summed E-state index contributed by atoms with van der Waals surface area (Å²) in [5, 5.41) is 10.3. The van der Waals surface area contributed by atoms with E-state index in [0.29, 0.717) is 18.4 Å². The first-order valence-corrected chi connectivity index (χ1v) is 8.43. The molecular formula is C19H24O6. The molecule has 0 saturated carbocycles. The molecule has 0 amide bonds. The summed E-state index contributed by atoms with van der Waals surface area (Å²) in [7, 11) is 0. The predicted octanol–water partition coefficient (Wildman–Crippen LogP) is 1.83. The van der Waals surface area contributed by atoms with E-state index < -0.39 is 41.8 Å². The van der Waals surface area contributed by atoms with Crippen molar-refractivity contribution in [3.63, 3.8) is 0 Å². The summed E-state index contributed by atoms with van der Waals surface area (Å²) >= 11 is 0. The number of hydrogen-bond donors (Lipinski definition) is 1. The van der Waals surface area contributed by atoms with Gasteiger partial charge in [0.15, 0.2) is 0 Å². The Morgan fingerprint density at radius 2 is 2.16 bits per heavy atom. The minimum atomic E-state index is -0.672. The molecule has 0 spiro atoms. The summed E-state index contributed by atoms with van der Waals surface area (Å²) in [6, 6.07) is 0. The number of carbonyl (C=O) groups is 2. The highest BCUT2D eigenvalue weighted by Crippen LogP contribution is 2.47. The summed E-state index contributed by atoms with van der Waals surface area (Å²) in [5.41, 5.74) is 0.728. The average molecular weight is 348 g/mol. The first-order chi connectivity index (χ1) is 11.6. The van der Waals surface area contributed by atoms with Crippen molar-refractivity contribution in [2.24, 2.45) is 5.92 Å². The van der Waals surface area contributed by atoms with E-state index in [4.69, 9.17) is 14.2 Å². The number of carbonyl (C=O) groups excluding carboxylic acids is 2. The first kappa shape index (κ1) is 17.9. The van der Waals surface area contributed by atoms with Gasteiger partial charge in [0.25, 0.3) is 0 Å². The molecule has 2 aliphatic heterocycles. The zero-order valence-corrected chi connectivity index (χ0v) is 14.8. The fraction of sp³-hybridized carbons (Fsp3) is 0.579. The lowest BCUT2D eigenvalue weighted by Gasteiger charge is -2.29. The quantitative estimate of drug-likeness (QED) is 0.355.